The van der Waals surface area contributed by atoms with Crippen molar-refractivity contribution in [1.29, 1.82) is 0 Å². The van der Waals surface area contributed by atoms with Gasteiger partial charge >= 0.3 is 256 Å². The molecule has 1 fully saturated rings. The van der Waals surface area contributed by atoms with Crippen LogP contribution in [0.1, 0.15) is 16.7 Å². The van der Waals surface area contributed by atoms with Gasteiger partial charge < -0.3 is 0 Å². The fourth-order valence-corrected chi connectivity index (χ4v) is 7.15. The maximum absolute atomic E-state index is 6.72. The molecule has 0 radical (unpaired) electrons. The number of hydrogen-bond acceptors (Lipinski definition) is 6. The summed E-state index contributed by atoms with van der Waals surface area (Å²) in [5, 5.41) is -0.253. The Morgan fingerprint density at radius 3 is 1.45 bits per heavy atom. The summed E-state index contributed by atoms with van der Waals surface area (Å²) in [6, 6.07) is 40.7. The normalized spacial score (nSPS) is 23.0. The van der Waals surface area contributed by atoms with Crippen LogP contribution in [0.25, 0.3) is 0 Å². The van der Waals surface area contributed by atoms with E-state index in [1.807, 2.05) is 84.9 Å². The molecule has 0 bridgehead atoms. The zero-order valence-corrected chi connectivity index (χ0v) is 25.7. The van der Waals surface area contributed by atoms with Gasteiger partial charge in [0.25, 0.3) is 0 Å². The van der Waals surface area contributed by atoms with E-state index in [9.17, 15) is 0 Å². The Morgan fingerprint density at radius 2 is 1.00 bits per heavy atom. The van der Waals surface area contributed by atoms with E-state index in [-0.39, 0.29) is 20.0 Å². The molecule has 0 amide bonds. The molecule has 4 aromatic carbocycles. The molecule has 6 nitrogen and oxygen atoms in total. The van der Waals surface area contributed by atoms with E-state index >= 15 is 0 Å². The quantitative estimate of drug-likeness (QED) is 0.180. The monoisotopic (exact) mass is 634 g/mol. The summed E-state index contributed by atoms with van der Waals surface area (Å²) in [6.07, 6.45) is -2.67. The molecule has 1 heterocycles. The molecule has 42 heavy (non-hydrogen) atoms. The van der Waals surface area contributed by atoms with Crippen LogP contribution in [0.2, 0.25) is 0 Å². The Balaban J connectivity index is 1.47. The number of ether oxygens (including phenoxy) is 6. The third-order valence-electron chi connectivity index (χ3n) is 7.12. The van der Waals surface area contributed by atoms with Crippen molar-refractivity contribution in [3.63, 3.8) is 0 Å². The van der Waals surface area contributed by atoms with Crippen molar-refractivity contribution < 1.29 is 28.4 Å². The third-order valence-corrected chi connectivity index (χ3v) is 9.71. The first-order valence-corrected chi connectivity index (χ1v) is 16.0. The first-order chi connectivity index (χ1) is 20.7. The average Bonchev–Trinajstić information content (AvgIpc) is 3.06. The van der Waals surface area contributed by atoms with Gasteiger partial charge in [-0.1, -0.05) is 0 Å². The molecular weight excluding hydrogens is 595 g/mol. The van der Waals surface area contributed by atoms with E-state index in [2.05, 4.69) is 36.4 Å². The molecule has 0 unspecified atom stereocenters. The van der Waals surface area contributed by atoms with Crippen LogP contribution in [0, 0.1) is 0 Å². The Morgan fingerprint density at radius 1 is 0.571 bits per heavy atom. The summed E-state index contributed by atoms with van der Waals surface area (Å²) in [4.78, 5) is 0. The van der Waals surface area contributed by atoms with Crippen molar-refractivity contribution in [2.75, 3.05) is 14.2 Å². The third kappa shape index (κ3) is 8.38. The van der Waals surface area contributed by atoms with E-state index in [0.717, 1.165) is 16.7 Å². The van der Waals surface area contributed by atoms with Gasteiger partial charge in [0.2, 0.25) is 0 Å². The summed E-state index contributed by atoms with van der Waals surface area (Å²) in [5.41, 5.74) is 3.19. The molecule has 0 spiro atoms. The predicted octanol–water partition coefficient (Wildman–Crippen LogP) is 5.12. The Kier molecular flexibility index (Phi) is 11.8. The molecule has 220 valence electrons. The minimum absolute atomic E-state index is 0.0605. The molecule has 7 heteroatoms. The molecule has 1 aliphatic rings. The van der Waals surface area contributed by atoms with Gasteiger partial charge in [-0.05, 0) is 0 Å². The minimum atomic E-state index is -0.680. The predicted molar refractivity (Wildman–Crippen MR) is 163 cm³/mol. The molecule has 1 saturated heterocycles. The second-order valence-corrected chi connectivity index (χ2v) is 12.5. The van der Waals surface area contributed by atoms with Gasteiger partial charge in [0.15, 0.2) is 0 Å². The Labute approximate surface area is 255 Å². The van der Waals surface area contributed by atoms with Crippen molar-refractivity contribution in [3.8, 4) is 0 Å². The van der Waals surface area contributed by atoms with Gasteiger partial charge in [0, 0.05) is 0 Å². The molecule has 1 aliphatic heterocycles. The summed E-state index contributed by atoms with van der Waals surface area (Å²) in [7, 11) is 3.37. The number of rotatable bonds is 14. The van der Waals surface area contributed by atoms with Crippen LogP contribution in [0.15, 0.2) is 121 Å². The number of benzene rings is 4. The summed E-state index contributed by atoms with van der Waals surface area (Å²) >= 11 is -0.0605. The number of methoxy groups -OCH3 is 2. The van der Waals surface area contributed by atoms with Gasteiger partial charge in [-0.2, -0.15) is 0 Å². The van der Waals surface area contributed by atoms with E-state index < -0.39 is 30.7 Å². The maximum atomic E-state index is 6.72. The van der Waals surface area contributed by atoms with Gasteiger partial charge in [-0.25, -0.2) is 0 Å². The molecule has 0 saturated carbocycles. The molecule has 0 N–H and O–H groups in total. The summed E-state index contributed by atoms with van der Waals surface area (Å²) in [6.45, 7) is 1.18. The molecule has 5 rings (SSSR count). The fourth-order valence-electron chi connectivity index (χ4n) is 4.98. The van der Waals surface area contributed by atoms with Gasteiger partial charge in [-0.15, -0.1) is 0 Å². The second kappa shape index (κ2) is 16.1. The molecule has 4 aromatic rings. The Bertz CT molecular complexity index is 1250. The van der Waals surface area contributed by atoms with Gasteiger partial charge in [0.05, 0.1) is 0 Å². The second-order valence-electron chi connectivity index (χ2n) is 10.0. The number of hydrogen-bond donors (Lipinski definition) is 0. The van der Waals surface area contributed by atoms with Gasteiger partial charge in [-0.3, -0.25) is 0 Å². The van der Waals surface area contributed by atoms with E-state index in [1.165, 1.54) is 4.46 Å². The molecule has 6 atom stereocenters. The zero-order valence-electron chi connectivity index (χ0n) is 24.0. The SMILES string of the molecule is CO[C@H]1O[C@H]([C@@H](OC)[Se]c2ccccc2)[C@@H](OCc2ccccc2)[C@H](OCc2ccccc2)[C@H]1OCc1ccccc1. The first-order valence-electron chi connectivity index (χ1n) is 14.1. The topological polar surface area (TPSA) is 55.4 Å². The van der Waals surface area contributed by atoms with Crippen molar-refractivity contribution in [3.05, 3.63) is 138 Å². The standard InChI is InChI=1S/C35H38O6Se/c1-36-34-32(40-25-28-19-11-5-12-20-28)30(38-23-26-15-7-3-8-16-26)31(39-24-27-17-9-4-10-18-27)33(41-34)35(37-2)42-29-21-13-6-14-22-29/h3-22,30-35H,23-25H2,1-2H3/t30-,31-,32+,33-,34-,35-/m0/s1. The first kappa shape index (κ1) is 30.6. The molecule has 0 aliphatic carbocycles. The molecule has 0 aromatic heterocycles. The van der Waals surface area contributed by atoms with E-state index in [0.29, 0.717) is 19.8 Å². The van der Waals surface area contributed by atoms with Crippen LogP contribution < -0.4 is 4.46 Å². The van der Waals surface area contributed by atoms with Crippen LogP contribution in [0.5, 0.6) is 0 Å². The Hall–Kier alpha value is -2.84. The van der Waals surface area contributed by atoms with Crippen molar-refractivity contribution in [2.45, 2.75) is 55.5 Å². The van der Waals surface area contributed by atoms with Crippen LogP contribution in [0.4, 0.5) is 0 Å². The van der Waals surface area contributed by atoms with E-state index in [1.54, 1.807) is 14.2 Å². The van der Waals surface area contributed by atoms with Crippen LogP contribution in [-0.4, -0.2) is 64.9 Å². The van der Waals surface area contributed by atoms with Crippen LogP contribution >= 0.6 is 0 Å². The van der Waals surface area contributed by atoms with Crippen LogP contribution in [-0.2, 0) is 48.2 Å². The molecular formula is C35H38O6Se. The van der Waals surface area contributed by atoms with Gasteiger partial charge in [0.1, 0.15) is 0 Å². The fraction of sp³-hybridized carbons (Fsp3) is 0.314. The van der Waals surface area contributed by atoms with E-state index in [4.69, 9.17) is 28.4 Å². The van der Waals surface area contributed by atoms with Crippen molar-refractivity contribution in [2.24, 2.45) is 0 Å². The van der Waals surface area contributed by atoms with Crippen LogP contribution in [0.3, 0.4) is 0 Å². The summed E-state index contributed by atoms with van der Waals surface area (Å²) < 4.78 is 39.9. The zero-order chi connectivity index (χ0) is 29.0. The summed E-state index contributed by atoms with van der Waals surface area (Å²) in [5.74, 6) is 0. The average molecular weight is 634 g/mol. The van der Waals surface area contributed by atoms with Crippen molar-refractivity contribution in [1.82, 2.24) is 0 Å². The van der Waals surface area contributed by atoms with Crippen molar-refractivity contribution >= 4 is 19.4 Å².